The fraction of sp³-hybridized carbons (Fsp3) is 0.367. The third-order valence-corrected chi connectivity index (χ3v) is 7.50. The monoisotopic (exact) mass is 542 g/mol. The van der Waals surface area contributed by atoms with E-state index in [1.165, 1.54) is 18.9 Å². The molecule has 5 rings (SSSR count). The van der Waals surface area contributed by atoms with Gasteiger partial charge in [0.2, 0.25) is 5.88 Å². The van der Waals surface area contributed by atoms with Crippen molar-refractivity contribution in [3.8, 4) is 17.3 Å². The van der Waals surface area contributed by atoms with Gasteiger partial charge < -0.3 is 25.0 Å². The molecule has 0 spiro atoms. The lowest BCUT2D eigenvalue weighted by Crippen LogP contribution is -2.45. The number of piperidine rings is 1. The molecule has 1 atom stereocenters. The van der Waals surface area contributed by atoms with Crippen molar-refractivity contribution in [1.29, 1.82) is 0 Å². The van der Waals surface area contributed by atoms with Crippen LogP contribution in [0.2, 0.25) is 0 Å². The zero-order chi connectivity index (χ0) is 28.4. The summed E-state index contributed by atoms with van der Waals surface area (Å²) in [6.45, 7) is 7.04. The fourth-order valence-corrected chi connectivity index (χ4v) is 5.24. The van der Waals surface area contributed by atoms with E-state index in [0.29, 0.717) is 47.5 Å². The molecule has 10 nitrogen and oxygen atoms in total. The first-order valence-corrected chi connectivity index (χ1v) is 13.5. The number of aromatic nitrogens is 4. The van der Waals surface area contributed by atoms with Crippen molar-refractivity contribution in [3.05, 3.63) is 70.4 Å². The number of nitrogens with zero attached hydrogens (tertiary/aromatic N) is 4. The summed E-state index contributed by atoms with van der Waals surface area (Å²) >= 11 is 0. The number of fused-ring (bicyclic) bond motifs is 1. The Bertz CT molecular complexity index is 1590. The molecule has 1 aromatic carbocycles. The van der Waals surface area contributed by atoms with Crippen molar-refractivity contribution in [1.82, 2.24) is 24.8 Å². The first-order chi connectivity index (χ1) is 19.2. The maximum Gasteiger partial charge on any atom is 0.259 e. The third-order valence-electron chi connectivity index (χ3n) is 7.50. The van der Waals surface area contributed by atoms with Crippen LogP contribution in [-0.4, -0.2) is 62.2 Å². The van der Waals surface area contributed by atoms with Gasteiger partial charge in [0.1, 0.15) is 17.6 Å². The summed E-state index contributed by atoms with van der Waals surface area (Å²) in [6.07, 6.45) is 5.47. The summed E-state index contributed by atoms with van der Waals surface area (Å²) in [5.74, 6) is 0.838. The number of hydrogen-bond acceptors (Lipinski definition) is 8. The number of methoxy groups -OCH3 is 1. The predicted octanol–water partition coefficient (Wildman–Crippen LogP) is 4.16. The number of nitrogens with one attached hydrogen (secondary N) is 2. The van der Waals surface area contributed by atoms with Crippen molar-refractivity contribution in [3.63, 3.8) is 0 Å². The smallest absolute Gasteiger partial charge is 0.259 e. The molecule has 40 heavy (non-hydrogen) atoms. The Balaban J connectivity index is 1.39. The SMILES string of the molecule is COc1cncc(-c2cc3cc[nH]c(=O)c3c(Nc3ccc(C4CCN(C(=O)C(O)C(C)C)CC4)c(C)c3)n2)n1. The van der Waals surface area contributed by atoms with E-state index in [2.05, 4.69) is 39.3 Å². The minimum Gasteiger partial charge on any atom is -0.480 e. The number of hydrogen-bond donors (Lipinski definition) is 3. The molecule has 10 heteroatoms. The number of aromatic amines is 1. The van der Waals surface area contributed by atoms with Gasteiger partial charge in [-0.05, 0) is 72.4 Å². The number of amides is 1. The van der Waals surface area contributed by atoms with Crippen molar-refractivity contribution in [2.75, 3.05) is 25.5 Å². The molecule has 4 aromatic rings. The van der Waals surface area contributed by atoms with E-state index >= 15 is 0 Å². The minimum absolute atomic E-state index is 0.0983. The number of carbonyl (C=O) groups is 1. The number of H-pyrrole nitrogens is 1. The molecule has 3 N–H and O–H groups in total. The number of aliphatic hydroxyl groups is 1. The van der Waals surface area contributed by atoms with Gasteiger partial charge in [-0.2, -0.15) is 0 Å². The Morgan fingerprint density at radius 2 is 1.90 bits per heavy atom. The van der Waals surface area contributed by atoms with Gasteiger partial charge in [0, 0.05) is 25.0 Å². The van der Waals surface area contributed by atoms with Gasteiger partial charge in [-0.15, -0.1) is 0 Å². The molecule has 0 aliphatic carbocycles. The molecule has 1 aliphatic rings. The number of aryl methyl sites for hydroxylation is 1. The summed E-state index contributed by atoms with van der Waals surface area (Å²) in [4.78, 5) is 43.3. The van der Waals surface area contributed by atoms with Gasteiger partial charge in [0.05, 0.1) is 30.6 Å². The van der Waals surface area contributed by atoms with Crippen LogP contribution in [0.25, 0.3) is 22.2 Å². The van der Waals surface area contributed by atoms with Crippen molar-refractivity contribution >= 4 is 28.2 Å². The van der Waals surface area contributed by atoms with Gasteiger partial charge in [0.15, 0.2) is 0 Å². The van der Waals surface area contributed by atoms with Gasteiger partial charge in [0.25, 0.3) is 11.5 Å². The van der Waals surface area contributed by atoms with E-state index in [1.54, 1.807) is 17.3 Å². The molecule has 1 amide bonds. The van der Waals surface area contributed by atoms with Crippen molar-refractivity contribution < 1.29 is 14.6 Å². The van der Waals surface area contributed by atoms with Gasteiger partial charge in [-0.1, -0.05) is 19.9 Å². The van der Waals surface area contributed by atoms with Crippen LogP contribution in [-0.2, 0) is 4.79 Å². The number of likely N-dealkylation sites (tertiary alicyclic amines) is 1. The van der Waals surface area contributed by atoms with Crippen molar-refractivity contribution in [2.45, 2.75) is 45.6 Å². The van der Waals surface area contributed by atoms with Crippen molar-refractivity contribution in [2.24, 2.45) is 5.92 Å². The molecular formula is C30H34N6O4. The summed E-state index contributed by atoms with van der Waals surface area (Å²) in [5, 5.41) is 14.7. The van der Waals surface area contributed by atoms with Gasteiger partial charge >= 0.3 is 0 Å². The molecule has 1 saturated heterocycles. The number of anilines is 2. The highest BCUT2D eigenvalue weighted by atomic mass is 16.5. The first kappa shape index (κ1) is 27.3. The number of pyridine rings is 2. The van der Waals surface area contributed by atoms with Crippen LogP contribution in [0.5, 0.6) is 5.88 Å². The molecular weight excluding hydrogens is 508 g/mol. The highest BCUT2D eigenvalue weighted by molar-refractivity contribution is 5.95. The summed E-state index contributed by atoms with van der Waals surface area (Å²) in [7, 11) is 1.53. The molecule has 0 bridgehead atoms. The van der Waals surface area contributed by atoms with Crippen LogP contribution >= 0.6 is 0 Å². The molecule has 1 fully saturated rings. The lowest BCUT2D eigenvalue weighted by Gasteiger charge is -2.34. The van der Waals surface area contributed by atoms with Crippen LogP contribution in [0, 0.1) is 12.8 Å². The second kappa shape index (κ2) is 11.4. The quantitative estimate of drug-likeness (QED) is 0.317. The number of aliphatic hydroxyl groups excluding tert-OH is 1. The van der Waals surface area contributed by atoms with Gasteiger partial charge in [-0.3, -0.25) is 14.6 Å². The lowest BCUT2D eigenvalue weighted by atomic mass is 9.86. The van der Waals surface area contributed by atoms with E-state index in [9.17, 15) is 14.7 Å². The second-order valence-corrected chi connectivity index (χ2v) is 10.6. The second-order valence-electron chi connectivity index (χ2n) is 10.6. The molecule has 0 radical (unpaired) electrons. The Hall–Kier alpha value is -4.31. The minimum atomic E-state index is -0.949. The fourth-order valence-electron chi connectivity index (χ4n) is 5.24. The molecule has 1 aliphatic heterocycles. The molecule has 208 valence electrons. The van der Waals surface area contributed by atoms with Crippen LogP contribution in [0.4, 0.5) is 11.5 Å². The third kappa shape index (κ3) is 5.53. The Morgan fingerprint density at radius 3 is 2.60 bits per heavy atom. The Morgan fingerprint density at radius 1 is 1.12 bits per heavy atom. The average Bonchev–Trinajstić information content (AvgIpc) is 2.96. The number of carbonyl (C=O) groups excluding carboxylic acids is 1. The highest BCUT2D eigenvalue weighted by Gasteiger charge is 2.29. The summed E-state index contributed by atoms with van der Waals surface area (Å²) in [5.41, 5.74) is 4.00. The first-order valence-electron chi connectivity index (χ1n) is 13.5. The highest BCUT2D eigenvalue weighted by Crippen LogP contribution is 2.33. The topological polar surface area (TPSA) is 133 Å². The maximum atomic E-state index is 12.8. The molecule has 3 aromatic heterocycles. The van der Waals surface area contributed by atoms with Crippen LogP contribution < -0.4 is 15.6 Å². The van der Waals surface area contributed by atoms with E-state index < -0.39 is 6.10 Å². The van der Waals surface area contributed by atoms with Gasteiger partial charge in [-0.25, -0.2) is 9.97 Å². The number of benzene rings is 1. The average molecular weight is 543 g/mol. The van der Waals surface area contributed by atoms with Crippen LogP contribution in [0.3, 0.4) is 0 Å². The van der Waals surface area contributed by atoms with E-state index in [0.717, 1.165) is 29.5 Å². The number of rotatable bonds is 7. The Kier molecular flexibility index (Phi) is 7.79. The zero-order valence-corrected chi connectivity index (χ0v) is 23.1. The Labute approximate surface area is 232 Å². The van der Waals surface area contributed by atoms with E-state index in [-0.39, 0.29) is 17.4 Å². The largest absolute Gasteiger partial charge is 0.480 e. The van der Waals surface area contributed by atoms with Crippen LogP contribution in [0.15, 0.2) is 53.7 Å². The zero-order valence-electron chi connectivity index (χ0n) is 23.1. The summed E-state index contributed by atoms with van der Waals surface area (Å²) in [6, 6.07) is 9.78. The predicted molar refractivity (Wildman–Crippen MR) is 154 cm³/mol. The molecule has 1 unspecified atom stereocenters. The summed E-state index contributed by atoms with van der Waals surface area (Å²) < 4.78 is 5.22. The standard InChI is InChI=1S/C30H34N6O4/c1-17(2)27(37)30(39)36-11-8-19(9-12-36)22-6-5-21(13-18(22)3)33-28-26-20(7-10-32-29(26)38)14-23(35-28)24-15-31-16-25(34-24)40-4/h5-7,10,13-17,19,27,37H,8-9,11-12H2,1-4H3,(H,32,38)(H,33,35). The van der Waals surface area contributed by atoms with E-state index in [4.69, 9.17) is 9.72 Å². The number of ether oxygens (including phenoxy) is 1. The van der Waals surface area contributed by atoms with E-state index in [1.807, 2.05) is 32.0 Å². The van der Waals surface area contributed by atoms with Crippen LogP contribution in [0.1, 0.15) is 43.7 Å². The molecule has 0 saturated carbocycles. The maximum absolute atomic E-state index is 12.8. The lowest BCUT2D eigenvalue weighted by molar-refractivity contribution is -0.143. The molecule has 4 heterocycles. The normalized spacial score (nSPS) is 14.9.